The Balaban J connectivity index is 3.48. The number of amides is 1. The molecule has 0 rings (SSSR count). The molecule has 0 aromatic heterocycles. The van der Waals surface area contributed by atoms with Crippen molar-refractivity contribution in [3.05, 3.63) is 0 Å². The largest absolute Gasteiger partial charge is 0.444 e. The summed E-state index contributed by atoms with van der Waals surface area (Å²) in [5.41, 5.74) is 5.51. The summed E-state index contributed by atoms with van der Waals surface area (Å²) in [6.07, 6.45) is 4.95. The van der Waals surface area contributed by atoms with Gasteiger partial charge in [-0.05, 0) is 40.0 Å². The second-order valence-electron chi connectivity index (χ2n) is 5.47. The first kappa shape index (κ1) is 16.2. The minimum absolute atomic E-state index is 0.260. The van der Waals surface area contributed by atoms with Crippen molar-refractivity contribution in [2.24, 2.45) is 5.73 Å². The molecule has 0 aliphatic rings. The summed E-state index contributed by atoms with van der Waals surface area (Å²) in [6, 6.07) is 0.260. The highest BCUT2D eigenvalue weighted by Crippen LogP contribution is 2.07. The van der Waals surface area contributed by atoms with Gasteiger partial charge in [0.25, 0.3) is 0 Å². The zero-order valence-electron chi connectivity index (χ0n) is 11.7. The maximum Gasteiger partial charge on any atom is 0.407 e. The van der Waals surface area contributed by atoms with Gasteiger partial charge in [-0.3, -0.25) is 0 Å². The Kier molecular flexibility index (Phi) is 7.96. The number of carbonyl (C=O) groups is 1. The zero-order valence-corrected chi connectivity index (χ0v) is 11.7. The third-order valence-electron chi connectivity index (χ3n) is 2.35. The Morgan fingerprint density at radius 1 is 1.29 bits per heavy atom. The van der Waals surface area contributed by atoms with Crippen molar-refractivity contribution in [2.75, 3.05) is 6.54 Å². The highest BCUT2D eigenvalue weighted by Gasteiger charge is 2.15. The molecule has 0 aromatic rings. The van der Waals surface area contributed by atoms with E-state index in [9.17, 15) is 4.79 Å². The lowest BCUT2D eigenvalue weighted by molar-refractivity contribution is 0.0526. The standard InChI is InChI=1S/C13H28N2O2/c1-5-6-8-11(14)9-7-10-15-12(16)17-13(2,3)4/h11H,5-10,14H2,1-4H3,(H,15,16). The smallest absolute Gasteiger partial charge is 0.407 e. The minimum Gasteiger partial charge on any atom is -0.444 e. The van der Waals surface area contributed by atoms with Gasteiger partial charge in [-0.1, -0.05) is 19.8 Å². The summed E-state index contributed by atoms with van der Waals surface area (Å²) in [5, 5.41) is 2.73. The van der Waals surface area contributed by atoms with Crippen LogP contribution in [0.1, 0.15) is 59.8 Å². The molecule has 1 unspecified atom stereocenters. The van der Waals surface area contributed by atoms with E-state index in [1.165, 1.54) is 12.8 Å². The van der Waals surface area contributed by atoms with Crippen molar-refractivity contribution in [2.45, 2.75) is 71.4 Å². The molecule has 0 aromatic carbocycles. The number of alkyl carbamates (subject to hydrolysis) is 1. The van der Waals surface area contributed by atoms with Crippen LogP contribution in [0.4, 0.5) is 4.79 Å². The normalized spacial score (nSPS) is 13.2. The fourth-order valence-electron chi connectivity index (χ4n) is 1.48. The minimum atomic E-state index is -0.429. The van der Waals surface area contributed by atoms with E-state index in [-0.39, 0.29) is 12.1 Å². The van der Waals surface area contributed by atoms with Crippen molar-refractivity contribution in [3.8, 4) is 0 Å². The van der Waals surface area contributed by atoms with Gasteiger partial charge in [0.1, 0.15) is 5.60 Å². The number of nitrogens with two attached hydrogens (primary N) is 1. The molecule has 102 valence electrons. The van der Waals surface area contributed by atoms with Gasteiger partial charge in [0.2, 0.25) is 0 Å². The first-order valence-corrected chi connectivity index (χ1v) is 6.57. The molecule has 0 aliphatic heterocycles. The van der Waals surface area contributed by atoms with Crippen molar-refractivity contribution in [1.29, 1.82) is 0 Å². The Labute approximate surface area is 105 Å². The molecular formula is C13H28N2O2. The summed E-state index contributed by atoms with van der Waals surface area (Å²) < 4.78 is 5.13. The molecule has 0 saturated carbocycles. The molecule has 0 aliphatic carbocycles. The molecule has 0 spiro atoms. The van der Waals surface area contributed by atoms with Gasteiger partial charge in [0.15, 0.2) is 0 Å². The second kappa shape index (κ2) is 8.34. The third-order valence-corrected chi connectivity index (χ3v) is 2.35. The number of carbonyl (C=O) groups excluding carboxylic acids is 1. The maximum atomic E-state index is 11.3. The predicted octanol–water partition coefficient (Wildman–Crippen LogP) is 2.81. The first-order chi connectivity index (χ1) is 7.85. The van der Waals surface area contributed by atoms with E-state index in [0.717, 1.165) is 19.3 Å². The quantitative estimate of drug-likeness (QED) is 0.677. The number of ether oxygens (including phenoxy) is 1. The molecule has 0 heterocycles. The van der Waals surface area contributed by atoms with Crippen molar-refractivity contribution in [3.63, 3.8) is 0 Å². The van der Waals surface area contributed by atoms with E-state index in [2.05, 4.69) is 12.2 Å². The molecule has 0 fully saturated rings. The molecule has 3 N–H and O–H groups in total. The van der Waals surface area contributed by atoms with E-state index in [1.54, 1.807) is 0 Å². The fraction of sp³-hybridized carbons (Fsp3) is 0.923. The Morgan fingerprint density at radius 3 is 2.41 bits per heavy atom. The Morgan fingerprint density at radius 2 is 1.88 bits per heavy atom. The summed E-state index contributed by atoms with van der Waals surface area (Å²) in [5.74, 6) is 0. The van der Waals surface area contributed by atoms with Gasteiger partial charge >= 0.3 is 6.09 Å². The predicted molar refractivity (Wildman–Crippen MR) is 71.0 cm³/mol. The first-order valence-electron chi connectivity index (χ1n) is 6.57. The molecule has 17 heavy (non-hydrogen) atoms. The van der Waals surface area contributed by atoms with Crippen LogP contribution < -0.4 is 11.1 Å². The monoisotopic (exact) mass is 244 g/mol. The van der Waals surface area contributed by atoms with Gasteiger partial charge in [-0.2, -0.15) is 0 Å². The van der Waals surface area contributed by atoms with Crippen LogP contribution in [0.3, 0.4) is 0 Å². The van der Waals surface area contributed by atoms with E-state index in [0.29, 0.717) is 6.54 Å². The average Bonchev–Trinajstić information content (AvgIpc) is 2.19. The number of rotatable bonds is 7. The molecule has 0 saturated heterocycles. The van der Waals surface area contributed by atoms with Crippen LogP contribution >= 0.6 is 0 Å². The van der Waals surface area contributed by atoms with Crippen molar-refractivity contribution >= 4 is 6.09 Å². The SMILES string of the molecule is CCCCC(N)CCCNC(=O)OC(C)(C)C. The molecule has 1 atom stereocenters. The van der Waals surface area contributed by atoms with Crippen LogP contribution in [-0.2, 0) is 4.74 Å². The second-order valence-corrected chi connectivity index (χ2v) is 5.47. The summed E-state index contributed by atoms with van der Waals surface area (Å²) in [6.45, 7) is 8.36. The number of nitrogens with one attached hydrogen (secondary N) is 1. The van der Waals surface area contributed by atoms with E-state index in [4.69, 9.17) is 10.5 Å². The number of hydrogen-bond donors (Lipinski definition) is 2. The van der Waals surface area contributed by atoms with Gasteiger partial charge in [0.05, 0.1) is 0 Å². The Hall–Kier alpha value is -0.770. The van der Waals surface area contributed by atoms with Crippen LogP contribution in [-0.4, -0.2) is 24.3 Å². The van der Waals surface area contributed by atoms with Crippen LogP contribution in [0.5, 0.6) is 0 Å². The van der Waals surface area contributed by atoms with Gasteiger partial charge < -0.3 is 15.8 Å². The lowest BCUT2D eigenvalue weighted by Crippen LogP contribution is -2.33. The third kappa shape index (κ3) is 11.5. The maximum absolute atomic E-state index is 11.3. The van der Waals surface area contributed by atoms with Crippen LogP contribution in [0.15, 0.2) is 0 Å². The Bertz CT molecular complexity index is 212. The molecule has 1 amide bonds. The van der Waals surface area contributed by atoms with Crippen LogP contribution in [0, 0.1) is 0 Å². The van der Waals surface area contributed by atoms with Gasteiger partial charge in [-0.25, -0.2) is 4.79 Å². The fourth-order valence-corrected chi connectivity index (χ4v) is 1.48. The average molecular weight is 244 g/mol. The zero-order chi connectivity index (χ0) is 13.3. The highest BCUT2D eigenvalue weighted by atomic mass is 16.6. The van der Waals surface area contributed by atoms with E-state index >= 15 is 0 Å². The lowest BCUT2D eigenvalue weighted by atomic mass is 10.1. The summed E-state index contributed by atoms with van der Waals surface area (Å²) >= 11 is 0. The number of unbranched alkanes of at least 4 members (excludes halogenated alkanes) is 1. The number of hydrogen-bond acceptors (Lipinski definition) is 3. The van der Waals surface area contributed by atoms with Gasteiger partial charge in [0, 0.05) is 12.6 Å². The topological polar surface area (TPSA) is 64.3 Å². The van der Waals surface area contributed by atoms with Crippen LogP contribution in [0.25, 0.3) is 0 Å². The van der Waals surface area contributed by atoms with Crippen molar-refractivity contribution < 1.29 is 9.53 Å². The molecule has 0 radical (unpaired) electrons. The highest BCUT2D eigenvalue weighted by molar-refractivity contribution is 5.67. The molecule has 0 bridgehead atoms. The van der Waals surface area contributed by atoms with Crippen molar-refractivity contribution in [1.82, 2.24) is 5.32 Å². The van der Waals surface area contributed by atoms with Gasteiger partial charge in [-0.15, -0.1) is 0 Å². The van der Waals surface area contributed by atoms with Crippen LogP contribution in [0.2, 0.25) is 0 Å². The summed E-state index contributed by atoms with van der Waals surface area (Å²) in [7, 11) is 0. The van der Waals surface area contributed by atoms with E-state index in [1.807, 2.05) is 20.8 Å². The molecular weight excluding hydrogens is 216 g/mol. The molecule has 4 nitrogen and oxygen atoms in total. The lowest BCUT2D eigenvalue weighted by Gasteiger charge is -2.19. The summed E-state index contributed by atoms with van der Waals surface area (Å²) in [4.78, 5) is 11.3. The molecule has 4 heteroatoms. The van der Waals surface area contributed by atoms with E-state index < -0.39 is 5.60 Å².